The van der Waals surface area contributed by atoms with E-state index >= 15 is 0 Å². The average molecular weight is 261 g/mol. The highest BCUT2D eigenvalue weighted by Crippen LogP contribution is 2.17. The highest BCUT2D eigenvalue weighted by atomic mass is 15.2. The van der Waals surface area contributed by atoms with Crippen molar-refractivity contribution in [3.8, 4) is 0 Å². The van der Waals surface area contributed by atoms with Crippen molar-refractivity contribution in [2.75, 3.05) is 24.5 Å². The van der Waals surface area contributed by atoms with Crippen LogP contribution in [-0.2, 0) is 6.54 Å². The van der Waals surface area contributed by atoms with Gasteiger partial charge in [0.15, 0.2) is 5.96 Å². The number of nitrogens with one attached hydrogen (secondary N) is 1. The Labute approximate surface area is 114 Å². The number of guanidine groups is 1. The fourth-order valence-electron chi connectivity index (χ4n) is 2.13. The first-order valence-corrected chi connectivity index (χ1v) is 7.03. The van der Waals surface area contributed by atoms with Gasteiger partial charge >= 0.3 is 0 Å². The molecule has 1 aromatic rings. The van der Waals surface area contributed by atoms with E-state index in [9.17, 15) is 0 Å². The summed E-state index contributed by atoms with van der Waals surface area (Å²) in [6, 6.07) is 4.16. The number of aromatic nitrogens is 1. The lowest BCUT2D eigenvalue weighted by atomic mass is 10.3. The summed E-state index contributed by atoms with van der Waals surface area (Å²) in [5.41, 5.74) is 6.83. The first-order valence-electron chi connectivity index (χ1n) is 7.03. The smallest absolute Gasteiger partial charge is 0.188 e. The molecule has 0 unspecified atom stereocenters. The third-order valence-electron chi connectivity index (χ3n) is 3.23. The molecule has 1 saturated heterocycles. The lowest BCUT2D eigenvalue weighted by Crippen LogP contribution is -2.32. The number of nitrogens with two attached hydrogens (primary N) is 1. The third-order valence-corrected chi connectivity index (χ3v) is 3.23. The quantitative estimate of drug-likeness (QED) is 0.622. The van der Waals surface area contributed by atoms with Gasteiger partial charge in [0.1, 0.15) is 5.82 Å². The van der Waals surface area contributed by atoms with Crippen LogP contribution in [0.1, 0.15) is 31.7 Å². The molecule has 1 aliphatic heterocycles. The van der Waals surface area contributed by atoms with Crippen LogP contribution in [0.2, 0.25) is 0 Å². The Morgan fingerprint density at radius 1 is 1.42 bits per heavy atom. The van der Waals surface area contributed by atoms with Crippen molar-refractivity contribution in [2.24, 2.45) is 10.7 Å². The monoisotopic (exact) mass is 261 g/mol. The highest BCUT2D eigenvalue weighted by Gasteiger charge is 2.12. The van der Waals surface area contributed by atoms with Crippen molar-refractivity contribution in [1.82, 2.24) is 10.3 Å². The van der Waals surface area contributed by atoms with E-state index in [1.54, 1.807) is 0 Å². The van der Waals surface area contributed by atoms with E-state index in [-0.39, 0.29) is 0 Å². The van der Waals surface area contributed by atoms with Crippen LogP contribution in [0, 0.1) is 0 Å². The fraction of sp³-hybridized carbons (Fsp3) is 0.571. The molecule has 0 atom stereocenters. The second kappa shape index (κ2) is 6.97. The van der Waals surface area contributed by atoms with Gasteiger partial charge in [-0.2, -0.15) is 0 Å². The third kappa shape index (κ3) is 4.12. The van der Waals surface area contributed by atoms with Crippen molar-refractivity contribution in [2.45, 2.75) is 32.7 Å². The van der Waals surface area contributed by atoms with Gasteiger partial charge in [0.05, 0.1) is 6.54 Å². The summed E-state index contributed by atoms with van der Waals surface area (Å²) in [5, 5.41) is 3.06. The van der Waals surface area contributed by atoms with E-state index in [0.717, 1.165) is 37.4 Å². The zero-order valence-electron chi connectivity index (χ0n) is 11.6. The molecule has 0 aliphatic carbocycles. The highest BCUT2D eigenvalue weighted by molar-refractivity contribution is 5.77. The molecular formula is C14H23N5. The molecule has 2 rings (SSSR count). The Morgan fingerprint density at radius 3 is 2.84 bits per heavy atom. The van der Waals surface area contributed by atoms with Crippen LogP contribution in [0.25, 0.3) is 0 Å². The number of hydrogen-bond donors (Lipinski definition) is 2. The summed E-state index contributed by atoms with van der Waals surface area (Å²) in [5.74, 6) is 1.58. The standard InChI is InChI=1S/C14H23N5/c1-2-7-16-14(15)18-11-12-5-6-13(17-10-12)19-8-3-4-9-19/h5-6,10H,2-4,7-9,11H2,1H3,(H3,15,16,18). The van der Waals surface area contributed by atoms with Crippen LogP contribution in [0.3, 0.4) is 0 Å². The number of pyridine rings is 1. The predicted molar refractivity (Wildman–Crippen MR) is 79.3 cm³/mol. The molecule has 0 radical (unpaired) electrons. The van der Waals surface area contributed by atoms with Gasteiger partial charge in [-0.15, -0.1) is 0 Å². The van der Waals surface area contributed by atoms with Gasteiger partial charge in [-0.3, -0.25) is 0 Å². The molecule has 1 aliphatic rings. The molecule has 104 valence electrons. The second-order valence-electron chi connectivity index (χ2n) is 4.85. The van der Waals surface area contributed by atoms with E-state index in [0.29, 0.717) is 12.5 Å². The van der Waals surface area contributed by atoms with Crippen molar-refractivity contribution >= 4 is 11.8 Å². The minimum absolute atomic E-state index is 0.505. The Bertz CT molecular complexity index is 406. The Hall–Kier alpha value is -1.78. The first kappa shape index (κ1) is 13.6. The Balaban J connectivity index is 1.87. The van der Waals surface area contributed by atoms with Crippen LogP contribution in [-0.4, -0.2) is 30.6 Å². The van der Waals surface area contributed by atoms with E-state index in [1.807, 2.05) is 6.20 Å². The van der Waals surface area contributed by atoms with Crippen LogP contribution < -0.4 is 16.0 Å². The number of rotatable bonds is 5. The minimum Gasteiger partial charge on any atom is -0.370 e. The van der Waals surface area contributed by atoms with Gasteiger partial charge in [-0.25, -0.2) is 9.98 Å². The van der Waals surface area contributed by atoms with Crippen LogP contribution in [0.4, 0.5) is 5.82 Å². The Kier molecular flexibility index (Phi) is 5.01. The summed E-state index contributed by atoms with van der Waals surface area (Å²) in [6.07, 6.45) is 5.48. The summed E-state index contributed by atoms with van der Waals surface area (Å²) in [6.45, 7) is 5.79. The molecule has 19 heavy (non-hydrogen) atoms. The second-order valence-corrected chi connectivity index (χ2v) is 4.85. The molecule has 3 N–H and O–H groups in total. The lowest BCUT2D eigenvalue weighted by Gasteiger charge is -2.15. The molecular weight excluding hydrogens is 238 g/mol. The van der Waals surface area contributed by atoms with Crippen LogP contribution in [0.15, 0.2) is 23.3 Å². The summed E-state index contributed by atoms with van der Waals surface area (Å²) >= 11 is 0. The number of aliphatic imine (C=N–C) groups is 1. The molecule has 0 spiro atoms. The molecule has 1 fully saturated rings. The van der Waals surface area contributed by atoms with Crippen molar-refractivity contribution in [3.05, 3.63) is 23.9 Å². The molecule has 0 aromatic carbocycles. The maximum atomic E-state index is 5.75. The molecule has 0 amide bonds. The molecule has 1 aromatic heterocycles. The summed E-state index contributed by atoms with van der Waals surface area (Å²) in [4.78, 5) is 11.1. The molecule has 0 bridgehead atoms. The number of nitrogens with zero attached hydrogens (tertiary/aromatic N) is 3. The van der Waals surface area contributed by atoms with Crippen molar-refractivity contribution in [1.29, 1.82) is 0 Å². The van der Waals surface area contributed by atoms with Crippen LogP contribution >= 0.6 is 0 Å². The number of anilines is 1. The minimum atomic E-state index is 0.505. The average Bonchev–Trinajstić information content (AvgIpc) is 2.97. The largest absolute Gasteiger partial charge is 0.370 e. The van der Waals surface area contributed by atoms with E-state index in [1.165, 1.54) is 12.8 Å². The van der Waals surface area contributed by atoms with Crippen molar-refractivity contribution < 1.29 is 0 Å². The van der Waals surface area contributed by atoms with Gasteiger partial charge in [0.2, 0.25) is 0 Å². The van der Waals surface area contributed by atoms with Gasteiger partial charge in [-0.05, 0) is 30.9 Å². The summed E-state index contributed by atoms with van der Waals surface area (Å²) in [7, 11) is 0. The van der Waals surface area contributed by atoms with Crippen molar-refractivity contribution in [3.63, 3.8) is 0 Å². The molecule has 0 saturated carbocycles. The molecule has 5 nitrogen and oxygen atoms in total. The van der Waals surface area contributed by atoms with Crippen LogP contribution in [0.5, 0.6) is 0 Å². The maximum absolute atomic E-state index is 5.75. The summed E-state index contributed by atoms with van der Waals surface area (Å²) < 4.78 is 0. The SMILES string of the molecule is CCCNC(N)=NCc1ccc(N2CCCC2)nc1. The van der Waals surface area contributed by atoms with Gasteiger partial charge < -0.3 is 16.0 Å². The first-order chi connectivity index (χ1) is 9.29. The lowest BCUT2D eigenvalue weighted by molar-refractivity contribution is 0.825. The normalized spacial score (nSPS) is 15.8. The van der Waals surface area contributed by atoms with Gasteiger partial charge in [0.25, 0.3) is 0 Å². The van der Waals surface area contributed by atoms with Gasteiger partial charge in [0, 0.05) is 25.8 Å². The maximum Gasteiger partial charge on any atom is 0.188 e. The molecule has 5 heteroatoms. The van der Waals surface area contributed by atoms with E-state index in [4.69, 9.17) is 5.73 Å². The zero-order valence-corrected chi connectivity index (χ0v) is 11.6. The van der Waals surface area contributed by atoms with Gasteiger partial charge in [-0.1, -0.05) is 13.0 Å². The fourth-order valence-corrected chi connectivity index (χ4v) is 2.13. The molecule has 2 heterocycles. The topological polar surface area (TPSA) is 66.5 Å². The predicted octanol–water partition coefficient (Wildman–Crippen LogP) is 1.50. The zero-order chi connectivity index (χ0) is 13.5. The Morgan fingerprint density at radius 2 is 2.21 bits per heavy atom. The van der Waals surface area contributed by atoms with E-state index in [2.05, 4.69) is 39.2 Å². The van der Waals surface area contributed by atoms with E-state index < -0.39 is 0 Å². The number of hydrogen-bond acceptors (Lipinski definition) is 3.